The molecule has 0 spiro atoms. The number of rotatable bonds is 5. The first-order valence-electron chi connectivity index (χ1n) is 6.06. The number of epoxide rings is 2. The van der Waals surface area contributed by atoms with Crippen LogP contribution in [0.1, 0.15) is 25.5 Å². The van der Waals surface area contributed by atoms with Crippen molar-refractivity contribution in [2.45, 2.75) is 31.2 Å². The van der Waals surface area contributed by atoms with Crippen LogP contribution >= 0.6 is 0 Å². The largest absolute Gasteiger partial charge is 0.375 e. The molecule has 3 heteroatoms. The molecule has 1 aromatic carbocycles. The zero-order valence-electron chi connectivity index (χ0n) is 10.3. The molecule has 1 aromatic rings. The van der Waals surface area contributed by atoms with Crippen LogP contribution in [0.4, 0.5) is 0 Å². The Hall–Kier alpha value is -0.900. The molecule has 0 bridgehead atoms. The van der Waals surface area contributed by atoms with E-state index in [1.807, 2.05) is 18.2 Å². The summed E-state index contributed by atoms with van der Waals surface area (Å²) >= 11 is 0. The highest BCUT2D eigenvalue weighted by atomic mass is 16.6. The topological polar surface area (TPSA) is 34.3 Å². The van der Waals surface area contributed by atoms with Crippen molar-refractivity contribution in [3.05, 3.63) is 35.9 Å². The van der Waals surface area contributed by atoms with Gasteiger partial charge in [-0.05, 0) is 19.4 Å². The van der Waals surface area contributed by atoms with Gasteiger partial charge in [-0.25, -0.2) is 0 Å². The van der Waals surface area contributed by atoms with E-state index in [9.17, 15) is 0 Å². The first-order valence-corrected chi connectivity index (χ1v) is 6.06. The summed E-state index contributed by atoms with van der Waals surface area (Å²) < 4.78 is 16.7. The van der Waals surface area contributed by atoms with Crippen LogP contribution in [0.2, 0.25) is 0 Å². The van der Waals surface area contributed by atoms with Crippen molar-refractivity contribution in [1.82, 2.24) is 0 Å². The maximum atomic E-state index is 5.76. The Balaban J connectivity index is 1.51. The van der Waals surface area contributed by atoms with Crippen molar-refractivity contribution in [2.75, 3.05) is 19.8 Å². The zero-order chi connectivity index (χ0) is 11.9. The molecule has 0 radical (unpaired) electrons. The van der Waals surface area contributed by atoms with Crippen LogP contribution in [0.3, 0.4) is 0 Å². The van der Waals surface area contributed by atoms with E-state index in [4.69, 9.17) is 14.2 Å². The number of hydrogen-bond donors (Lipinski definition) is 0. The predicted molar refractivity (Wildman–Crippen MR) is 63.8 cm³/mol. The lowest BCUT2D eigenvalue weighted by Crippen LogP contribution is -2.22. The SMILES string of the molecule is C[C@@]1(COC[C@]2(C)O[C@H]2c2ccccc2)CO1. The van der Waals surface area contributed by atoms with Gasteiger partial charge < -0.3 is 14.2 Å². The molecule has 0 amide bonds. The molecule has 2 aliphatic heterocycles. The second kappa shape index (κ2) is 3.80. The van der Waals surface area contributed by atoms with Crippen molar-refractivity contribution in [3.63, 3.8) is 0 Å². The second-order valence-corrected chi connectivity index (χ2v) is 5.45. The average molecular weight is 234 g/mol. The average Bonchev–Trinajstić information content (AvgIpc) is 3.20. The lowest BCUT2D eigenvalue weighted by Gasteiger charge is -2.10. The van der Waals surface area contributed by atoms with Gasteiger partial charge in [-0.3, -0.25) is 0 Å². The van der Waals surface area contributed by atoms with Gasteiger partial charge in [-0.1, -0.05) is 30.3 Å². The maximum absolute atomic E-state index is 5.76. The molecule has 92 valence electrons. The molecule has 3 nitrogen and oxygen atoms in total. The van der Waals surface area contributed by atoms with Crippen LogP contribution in [0.15, 0.2) is 30.3 Å². The normalized spacial score (nSPS) is 39.1. The summed E-state index contributed by atoms with van der Waals surface area (Å²) in [6.07, 6.45) is 0.177. The molecule has 3 atom stereocenters. The first-order chi connectivity index (χ1) is 8.11. The Morgan fingerprint density at radius 3 is 2.59 bits per heavy atom. The Morgan fingerprint density at radius 2 is 1.94 bits per heavy atom. The summed E-state index contributed by atoms with van der Waals surface area (Å²) in [5.74, 6) is 0. The minimum atomic E-state index is -0.160. The minimum Gasteiger partial charge on any atom is -0.375 e. The van der Waals surface area contributed by atoms with E-state index >= 15 is 0 Å². The second-order valence-electron chi connectivity index (χ2n) is 5.45. The number of benzene rings is 1. The highest BCUT2D eigenvalue weighted by molar-refractivity contribution is 5.25. The lowest BCUT2D eigenvalue weighted by molar-refractivity contribution is 0.0520. The van der Waals surface area contributed by atoms with Crippen LogP contribution in [-0.4, -0.2) is 31.0 Å². The molecule has 0 unspecified atom stereocenters. The van der Waals surface area contributed by atoms with Crippen LogP contribution in [-0.2, 0) is 14.2 Å². The van der Waals surface area contributed by atoms with E-state index < -0.39 is 0 Å². The van der Waals surface area contributed by atoms with Gasteiger partial charge in [0.25, 0.3) is 0 Å². The van der Waals surface area contributed by atoms with Gasteiger partial charge in [-0.15, -0.1) is 0 Å². The summed E-state index contributed by atoms with van der Waals surface area (Å²) in [4.78, 5) is 0. The fourth-order valence-corrected chi connectivity index (χ4v) is 2.07. The summed E-state index contributed by atoms with van der Waals surface area (Å²) in [7, 11) is 0. The van der Waals surface area contributed by atoms with E-state index in [1.165, 1.54) is 5.56 Å². The maximum Gasteiger partial charge on any atom is 0.120 e. The molecular weight excluding hydrogens is 216 g/mol. The van der Waals surface area contributed by atoms with E-state index in [0.717, 1.165) is 6.61 Å². The van der Waals surface area contributed by atoms with E-state index in [-0.39, 0.29) is 17.3 Å². The van der Waals surface area contributed by atoms with E-state index in [0.29, 0.717) is 13.2 Å². The van der Waals surface area contributed by atoms with E-state index in [1.54, 1.807) is 0 Å². The van der Waals surface area contributed by atoms with Crippen LogP contribution in [0.5, 0.6) is 0 Å². The van der Waals surface area contributed by atoms with Gasteiger partial charge in [0.2, 0.25) is 0 Å². The molecule has 2 heterocycles. The molecule has 2 saturated heterocycles. The van der Waals surface area contributed by atoms with Gasteiger partial charge in [0.15, 0.2) is 0 Å². The summed E-state index contributed by atoms with van der Waals surface area (Å²) in [5.41, 5.74) is 1.03. The fourth-order valence-electron chi connectivity index (χ4n) is 2.07. The van der Waals surface area contributed by atoms with Crippen LogP contribution < -0.4 is 0 Å². The Bertz CT molecular complexity index is 399. The zero-order valence-corrected chi connectivity index (χ0v) is 10.3. The quantitative estimate of drug-likeness (QED) is 0.733. The number of hydrogen-bond acceptors (Lipinski definition) is 3. The van der Waals surface area contributed by atoms with Gasteiger partial charge in [0.05, 0.1) is 19.8 Å². The predicted octanol–water partition coefficient (Wildman–Crippen LogP) is 2.32. The highest BCUT2D eigenvalue weighted by Crippen LogP contribution is 2.49. The molecule has 2 fully saturated rings. The summed E-state index contributed by atoms with van der Waals surface area (Å²) in [5, 5.41) is 0. The van der Waals surface area contributed by atoms with Gasteiger partial charge >= 0.3 is 0 Å². The lowest BCUT2D eigenvalue weighted by atomic mass is 10.0. The Kier molecular flexibility index (Phi) is 2.51. The summed E-state index contributed by atoms with van der Waals surface area (Å²) in [6.45, 7) is 6.27. The molecule has 2 aliphatic rings. The fraction of sp³-hybridized carbons (Fsp3) is 0.571. The van der Waals surface area contributed by atoms with Crippen molar-refractivity contribution in [3.8, 4) is 0 Å². The first kappa shape index (κ1) is 11.2. The van der Waals surface area contributed by atoms with Gasteiger partial charge in [0, 0.05) is 0 Å². The van der Waals surface area contributed by atoms with Gasteiger partial charge in [0.1, 0.15) is 17.3 Å². The van der Waals surface area contributed by atoms with Crippen molar-refractivity contribution >= 4 is 0 Å². The van der Waals surface area contributed by atoms with E-state index in [2.05, 4.69) is 26.0 Å². The van der Waals surface area contributed by atoms with Crippen LogP contribution in [0.25, 0.3) is 0 Å². The Morgan fingerprint density at radius 1 is 1.24 bits per heavy atom. The molecule has 17 heavy (non-hydrogen) atoms. The minimum absolute atomic E-state index is 0.0342. The molecule has 3 rings (SSSR count). The molecule has 0 aromatic heterocycles. The third-order valence-electron chi connectivity index (χ3n) is 3.42. The van der Waals surface area contributed by atoms with Crippen molar-refractivity contribution < 1.29 is 14.2 Å². The third kappa shape index (κ3) is 2.37. The highest BCUT2D eigenvalue weighted by Gasteiger charge is 2.53. The molecule has 0 N–H and O–H groups in total. The van der Waals surface area contributed by atoms with Crippen molar-refractivity contribution in [1.29, 1.82) is 0 Å². The molecular formula is C14H18O3. The smallest absolute Gasteiger partial charge is 0.120 e. The van der Waals surface area contributed by atoms with Crippen LogP contribution in [0, 0.1) is 0 Å². The van der Waals surface area contributed by atoms with Gasteiger partial charge in [-0.2, -0.15) is 0 Å². The summed E-state index contributed by atoms with van der Waals surface area (Å²) in [6, 6.07) is 10.3. The Labute approximate surface area is 102 Å². The third-order valence-corrected chi connectivity index (χ3v) is 3.42. The standard InChI is InChI=1S/C14H18O3/c1-13(9-16-13)8-15-10-14(2)12(17-14)11-6-4-3-5-7-11/h3-7,12H,8-10H2,1-2H3/t12-,13+,14-/m0/s1. The monoisotopic (exact) mass is 234 g/mol. The molecule has 0 saturated carbocycles. The number of ether oxygens (including phenoxy) is 3. The van der Waals surface area contributed by atoms with Crippen molar-refractivity contribution in [2.24, 2.45) is 0 Å². The molecule has 0 aliphatic carbocycles.